The van der Waals surface area contributed by atoms with E-state index in [2.05, 4.69) is 6.07 Å². The standard InChI is InChI=1S/C16H20N2O3S/c1-2-21-13-9-12(19)16(13)4-6-18(7-5-16)15(20)14-11(10-17)3-8-22-14/h3,8,12-13,19H,2,4-7,9H2,1H3/t12-,13+/m1/s1. The number of likely N-dealkylation sites (tertiary alicyclic amines) is 1. The normalized spacial score (nSPS) is 26.5. The van der Waals surface area contributed by atoms with Gasteiger partial charge in [-0.05, 0) is 31.2 Å². The molecule has 0 aromatic carbocycles. The van der Waals surface area contributed by atoms with E-state index in [0.29, 0.717) is 36.6 Å². The molecule has 1 saturated carbocycles. The van der Waals surface area contributed by atoms with Crippen LogP contribution >= 0.6 is 11.3 Å². The van der Waals surface area contributed by atoms with Crippen LogP contribution in [0.5, 0.6) is 0 Å². The third kappa shape index (κ3) is 2.34. The van der Waals surface area contributed by atoms with Gasteiger partial charge in [0, 0.05) is 31.5 Å². The molecule has 1 aliphatic heterocycles. The molecule has 1 saturated heterocycles. The van der Waals surface area contributed by atoms with E-state index in [1.807, 2.05) is 6.92 Å². The van der Waals surface area contributed by atoms with Gasteiger partial charge >= 0.3 is 0 Å². The van der Waals surface area contributed by atoms with Crippen LogP contribution < -0.4 is 0 Å². The largest absolute Gasteiger partial charge is 0.392 e. The Morgan fingerprint density at radius 3 is 2.91 bits per heavy atom. The SMILES string of the molecule is CCO[C@H]1C[C@@H](O)C12CCN(C(=O)c1sccc1C#N)CC2. The molecule has 1 aromatic heterocycles. The van der Waals surface area contributed by atoms with Crippen LogP contribution in [0.3, 0.4) is 0 Å². The van der Waals surface area contributed by atoms with Gasteiger partial charge in [0.1, 0.15) is 10.9 Å². The second kappa shape index (κ2) is 5.99. The molecule has 0 unspecified atom stereocenters. The smallest absolute Gasteiger partial charge is 0.265 e. The van der Waals surface area contributed by atoms with Gasteiger partial charge in [0.25, 0.3) is 5.91 Å². The third-order valence-electron chi connectivity index (χ3n) is 5.07. The van der Waals surface area contributed by atoms with Gasteiger partial charge < -0.3 is 14.7 Å². The summed E-state index contributed by atoms with van der Waals surface area (Å²) in [4.78, 5) is 14.9. The molecule has 0 bridgehead atoms. The number of piperidine rings is 1. The monoisotopic (exact) mass is 320 g/mol. The molecule has 6 heteroatoms. The number of rotatable bonds is 3. The number of thiophene rings is 1. The van der Waals surface area contributed by atoms with E-state index in [-0.39, 0.29) is 23.5 Å². The zero-order valence-electron chi connectivity index (χ0n) is 12.6. The Morgan fingerprint density at radius 1 is 1.59 bits per heavy atom. The number of aliphatic hydroxyl groups is 1. The zero-order valence-corrected chi connectivity index (χ0v) is 13.4. The first-order valence-electron chi connectivity index (χ1n) is 7.69. The zero-order chi connectivity index (χ0) is 15.7. The van der Waals surface area contributed by atoms with Crippen LogP contribution in [-0.2, 0) is 4.74 Å². The highest BCUT2D eigenvalue weighted by molar-refractivity contribution is 7.12. The van der Waals surface area contributed by atoms with E-state index in [9.17, 15) is 9.90 Å². The Hall–Kier alpha value is -1.42. The molecule has 118 valence electrons. The first-order valence-corrected chi connectivity index (χ1v) is 8.57. The van der Waals surface area contributed by atoms with E-state index in [4.69, 9.17) is 10.00 Å². The average Bonchev–Trinajstić information content (AvgIpc) is 3.03. The van der Waals surface area contributed by atoms with E-state index >= 15 is 0 Å². The molecule has 2 atom stereocenters. The number of carbonyl (C=O) groups is 1. The van der Waals surface area contributed by atoms with Gasteiger partial charge in [0.2, 0.25) is 0 Å². The first kappa shape index (κ1) is 15.5. The number of carbonyl (C=O) groups excluding carboxylic acids is 1. The van der Waals surface area contributed by atoms with Crippen molar-refractivity contribution < 1.29 is 14.6 Å². The molecular weight excluding hydrogens is 300 g/mol. The van der Waals surface area contributed by atoms with Gasteiger partial charge in [0.15, 0.2) is 0 Å². The predicted octanol–water partition coefficient (Wildman–Crippen LogP) is 2.01. The van der Waals surface area contributed by atoms with Crippen LogP contribution in [0.4, 0.5) is 0 Å². The fourth-order valence-electron chi connectivity index (χ4n) is 3.65. The Balaban J connectivity index is 1.67. The number of aliphatic hydroxyl groups excluding tert-OH is 1. The summed E-state index contributed by atoms with van der Waals surface area (Å²) in [6.45, 7) is 3.85. The van der Waals surface area contributed by atoms with Crippen LogP contribution in [0, 0.1) is 16.7 Å². The van der Waals surface area contributed by atoms with E-state index in [1.54, 1.807) is 16.3 Å². The van der Waals surface area contributed by atoms with Crippen molar-refractivity contribution in [1.82, 2.24) is 4.90 Å². The molecule has 1 spiro atoms. The second-order valence-corrected chi connectivity index (χ2v) is 6.91. The Morgan fingerprint density at radius 2 is 2.32 bits per heavy atom. The van der Waals surface area contributed by atoms with Crippen molar-refractivity contribution in [1.29, 1.82) is 5.26 Å². The molecule has 22 heavy (non-hydrogen) atoms. The molecule has 2 aliphatic rings. The molecule has 1 aliphatic carbocycles. The van der Waals surface area contributed by atoms with Crippen molar-refractivity contribution in [2.24, 2.45) is 5.41 Å². The van der Waals surface area contributed by atoms with Crippen molar-refractivity contribution in [3.63, 3.8) is 0 Å². The molecule has 1 N–H and O–H groups in total. The summed E-state index contributed by atoms with van der Waals surface area (Å²) in [5.41, 5.74) is 0.270. The topological polar surface area (TPSA) is 73.6 Å². The van der Waals surface area contributed by atoms with Gasteiger partial charge in [-0.3, -0.25) is 4.79 Å². The molecule has 0 radical (unpaired) electrons. The fourth-order valence-corrected chi connectivity index (χ4v) is 4.46. The summed E-state index contributed by atoms with van der Waals surface area (Å²) in [7, 11) is 0. The highest BCUT2D eigenvalue weighted by Gasteiger charge is 2.56. The quantitative estimate of drug-likeness (QED) is 0.924. The van der Waals surface area contributed by atoms with Crippen LogP contribution in [0.2, 0.25) is 0 Å². The highest BCUT2D eigenvalue weighted by atomic mass is 32.1. The number of nitriles is 1. The van der Waals surface area contributed by atoms with Gasteiger partial charge in [-0.1, -0.05) is 0 Å². The van der Waals surface area contributed by atoms with Crippen molar-refractivity contribution in [3.8, 4) is 6.07 Å². The third-order valence-corrected chi connectivity index (χ3v) is 5.97. The fraction of sp³-hybridized carbons (Fsp3) is 0.625. The predicted molar refractivity (Wildman–Crippen MR) is 82.6 cm³/mol. The maximum Gasteiger partial charge on any atom is 0.265 e. The van der Waals surface area contributed by atoms with Crippen LogP contribution in [0.15, 0.2) is 11.4 Å². The lowest BCUT2D eigenvalue weighted by atomic mass is 9.58. The summed E-state index contributed by atoms with van der Waals surface area (Å²) in [6.07, 6.45) is 2.01. The molecule has 2 fully saturated rings. The minimum Gasteiger partial charge on any atom is -0.392 e. The summed E-state index contributed by atoms with van der Waals surface area (Å²) in [6, 6.07) is 3.75. The molecule has 2 heterocycles. The molecular formula is C16H20N2O3S. The molecule has 1 amide bonds. The summed E-state index contributed by atoms with van der Waals surface area (Å²) in [5, 5.41) is 21.0. The number of hydrogen-bond donors (Lipinski definition) is 1. The summed E-state index contributed by atoms with van der Waals surface area (Å²) >= 11 is 1.32. The van der Waals surface area contributed by atoms with E-state index in [0.717, 1.165) is 12.8 Å². The molecule has 3 rings (SSSR count). The maximum atomic E-state index is 12.5. The lowest BCUT2D eigenvalue weighted by Gasteiger charge is -2.56. The number of ether oxygens (including phenoxy) is 1. The second-order valence-electron chi connectivity index (χ2n) is 6.00. The van der Waals surface area contributed by atoms with Crippen LogP contribution in [0.1, 0.15) is 41.4 Å². The first-order chi connectivity index (χ1) is 10.6. The summed E-state index contributed by atoms with van der Waals surface area (Å²) < 4.78 is 5.74. The average molecular weight is 320 g/mol. The van der Waals surface area contributed by atoms with E-state index < -0.39 is 0 Å². The van der Waals surface area contributed by atoms with Crippen molar-refractivity contribution in [2.75, 3.05) is 19.7 Å². The van der Waals surface area contributed by atoms with E-state index in [1.165, 1.54) is 11.3 Å². The van der Waals surface area contributed by atoms with Gasteiger partial charge in [-0.15, -0.1) is 11.3 Å². The minimum atomic E-state index is -0.322. The van der Waals surface area contributed by atoms with Gasteiger partial charge in [-0.25, -0.2) is 0 Å². The Bertz CT molecular complexity index is 597. The van der Waals surface area contributed by atoms with Crippen LogP contribution in [0.25, 0.3) is 0 Å². The lowest BCUT2D eigenvalue weighted by Crippen LogP contribution is -2.62. The van der Waals surface area contributed by atoms with Crippen LogP contribution in [-0.4, -0.2) is 47.8 Å². The number of amides is 1. The van der Waals surface area contributed by atoms with Crippen molar-refractivity contribution in [3.05, 3.63) is 21.9 Å². The Kier molecular flexibility index (Phi) is 4.22. The summed E-state index contributed by atoms with van der Waals surface area (Å²) in [5.74, 6) is -0.0665. The maximum absolute atomic E-state index is 12.5. The van der Waals surface area contributed by atoms with Gasteiger partial charge in [-0.2, -0.15) is 5.26 Å². The van der Waals surface area contributed by atoms with Gasteiger partial charge in [0.05, 0.1) is 17.8 Å². The minimum absolute atomic E-state index is 0.0665. The molecule has 1 aromatic rings. The highest BCUT2D eigenvalue weighted by Crippen LogP contribution is 2.51. The van der Waals surface area contributed by atoms with Crippen molar-refractivity contribution >= 4 is 17.2 Å². The number of hydrogen-bond acceptors (Lipinski definition) is 5. The number of nitrogens with zero attached hydrogens (tertiary/aromatic N) is 2. The Labute approximate surface area is 134 Å². The van der Waals surface area contributed by atoms with Crippen molar-refractivity contribution in [2.45, 2.75) is 38.4 Å². The lowest BCUT2D eigenvalue weighted by molar-refractivity contribution is -0.207. The molecule has 5 nitrogen and oxygen atoms in total.